The van der Waals surface area contributed by atoms with E-state index < -0.39 is 17.5 Å². The van der Waals surface area contributed by atoms with E-state index in [2.05, 4.69) is 0 Å². The molecular formula is C20H21F3O2. The van der Waals surface area contributed by atoms with Gasteiger partial charge in [-0.15, -0.1) is 0 Å². The number of hydrogen-bond donors (Lipinski definition) is 0. The van der Waals surface area contributed by atoms with Crippen molar-refractivity contribution < 1.29 is 22.6 Å². The zero-order valence-corrected chi connectivity index (χ0v) is 14.3. The molecule has 0 aliphatic carbocycles. The second-order valence-corrected chi connectivity index (χ2v) is 5.68. The molecule has 0 radical (unpaired) electrons. The zero-order chi connectivity index (χ0) is 18.2. The van der Waals surface area contributed by atoms with Crippen molar-refractivity contribution >= 4 is 11.7 Å². The predicted molar refractivity (Wildman–Crippen MR) is 93.2 cm³/mol. The van der Waals surface area contributed by atoms with Crippen LogP contribution in [0.5, 0.6) is 5.75 Å². The molecule has 0 atom stereocenters. The fourth-order valence-corrected chi connectivity index (χ4v) is 2.28. The van der Waals surface area contributed by atoms with Gasteiger partial charge < -0.3 is 9.47 Å². The van der Waals surface area contributed by atoms with Crippen molar-refractivity contribution in [2.75, 3.05) is 20.3 Å². The molecule has 134 valence electrons. The minimum atomic E-state index is -1.22. The highest BCUT2D eigenvalue weighted by Crippen LogP contribution is 2.31. The zero-order valence-electron chi connectivity index (χ0n) is 14.3. The molecule has 0 spiro atoms. The normalized spacial score (nSPS) is 12.0. The lowest BCUT2D eigenvalue weighted by molar-refractivity contribution is 0.184. The summed E-state index contributed by atoms with van der Waals surface area (Å²) in [5, 5.41) is 0. The quantitative estimate of drug-likeness (QED) is 0.449. The highest BCUT2D eigenvalue weighted by Gasteiger charge is 2.15. The van der Waals surface area contributed by atoms with Gasteiger partial charge in [0.15, 0.2) is 11.7 Å². The first-order valence-electron chi connectivity index (χ1n) is 8.07. The van der Waals surface area contributed by atoms with Crippen molar-refractivity contribution in [2.45, 2.75) is 19.8 Å². The summed E-state index contributed by atoms with van der Waals surface area (Å²) < 4.78 is 52.8. The third-order valence-corrected chi connectivity index (χ3v) is 3.67. The third-order valence-electron chi connectivity index (χ3n) is 3.67. The molecule has 0 saturated heterocycles. The second-order valence-electron chi connectivity index (χ2n) is 5.68. The highest BCUT2D eigenvalue weighted by molar-refractivity contribution is 5.83. The molecule has 25 heavy (non-hydrogen) atoms. The molecule has 0 unspecified atom stereocenters. The Morgan fingerprint density at radius 2 is 1.60 bits per heavy atom. The van der Waals surface area contributed by atoms with Crippen molar-refractivity contribution in [1.29, 1.82) is 0 Å². The Bertz CT molecular complexity index is 724. The molecule has 5 heteroatoms. The van der Waals surface area contributed by atoms with Gasteiger partial charge >= 0.3 is 0 Å². The van der Waals surface area contributed by atoms with Crippen LogP contribution in [0.3, 0.4) is 0 Å². The topological polar surface area (TPSA) is 18.5 Å². The Hall–Kier alpha value is -2.27. The molecular weight excluding hydrogens is 329 g/mol. The van der Waals surface area contributed by atoms with E-state index in [1.807, 2.05) is 0 Å². The Labute approximate surface area is 145 Å². The molecule has 0 fully saturated rings. The summed E-state index contributed by atoms with van der Waals surface area (Å²) in [4.78, 5) is 0. The van der Waals surface area contributed by atoms with Gasteiger partial charge in [0.2, 0.25) is 0 Å². The van der Waals surface area contributed by atoms with Gasteiger partial charge in [-0.2, -0.15) is 0 Å². The summed E-state index contributed by atoms with van der Waals surface area (Å²) in [6, 6.07) is 9.87. The summed E-state index contributed by atoms with van der Waals surface area (Å²) in [5.41, 5.74) is 0.284. The molecule has 0 bridgehead atoms. The fourth-order valence-electron chi connectivity index (χ4n) is 2.28. The minimum Gasteiger partial charge on any atom is -0.494 e. The fraction of sp³-hybridized carbons (Fsp3) is 0.300. The number of hydrogen-bond acceptors (Lipinski definition) is 2. The van der Waals surface area contributed by atoms with E-state index in [1.165, 1.54) is 30.3 Å². The summed E-state index contributed by atoms with van der Waals surface area (Å²) >= 11 is 0. The monoisotopic (exact) mass is 350 g/mol. The van der Waals surface area contributed by atoms with Gasteiger partial charge in [0, 0.05) is 24.8 Å². The van der Waals surface area contributed by atoms with Crippen LogP contribution >= 0.6 is 0 Å². The first-order chi connectivity index (χ1) is 12.0. The van der Waals surface area contributed by atoms with Crippen LogP contribution < -0.4 is 4.74 Å². The number of unbranched alkanes of at least 4 members (excludes halogenated alkanes) is 1. The Morgan fingerprint density at radius 3 is 2.24 bits per heavy atom. The van der Waals surface area contributed by atoms with Gasteiger partial charge in [-0.25, -0.2) is 13.2 Å². The van der Waals surface area contributed by atoms with Crippen molar-refractivity contribution in [3.8, 4) is 5.75 Å². The smallest absolute Gasteiger partial charge is 0.169 e. The van der Waals surface area contributed by atoms with Crippen LogP contribution in [0.15, 0.2) is 42.5 Å². The maximum absolute atomic E-state index is 14.3. The van der Waals surface area contributed by atoms with E-state index in [9.17, 15) is 13.2 Å². The summed E-state index contributed by atoms with van der Waals surface area (Å²) in [7, 11) is 1.64. The molecule has 0 aliphatic rings. The van der Waals surface area contributed by atoms with Gasteiger partial charge in [0.05, 0.1) is 6.61 Å². The molecule has 2 rings (SSSR count). The maximum Gasteiger partial charge on any atom is 0.169 e. The van der Waals surface area contributed by atoms with Crippen LogP contribution in [-0.2, 0) is 4.74 Å². The SMILES string of the molecule is COCCCCOc1ccc(C(F)=C(F)c2ccc(C)cc2F)cc1. The molecule has 2 nitrogen and oxygen atoms in total. The molecule has 0 amide bonds. The molecule has 0 aliphatic heterocycles. The third kappa shape index (κ3) is 5.36. The Morgan fingerprint density at radius 1 is 0.920 bits per heavy atom. The lowest BCUT2D eigenvalue weighted by Gasteiger charge is -2.08. The van der Waals surface area contributed by atoms with Crippen molar-refractivity contribution in [2.24, 2.45) is 0 Å². The Balaban J connectivity index is 2.07. The van der Waals surface area contributed by atoms with E-state index in [1.54, 1.807) is 26.2 Å². The van der Waals surface area contributed by atoms with E-state index in [-0.39, 0.29) is 11.1 Å². The summed E-state index contributed by atoms with van der Waals surface area (Å²) in [5.74, 6) is -2.54. The predicted octanol–water partition coefficient (Wildman–Crippen LogP) is 5.70. The molecule has 0 aromatic heterocycles. The van der Waals surface area contributed by atoms with Crippen LogP contribution in [0.1, 0.15) is 29.5 Å². The van der Waals surface area contributed by atoms with Gasteiger partial charge in [0.1, 0.15) is 11.6 Å². The highest BCUT2D eigenvalue weighted by atomic mass is 19.2. The van der Waals surface area contributed by atoms with Crippen LogP contribution in [0.2, 0.25) is 0 Å². The average Bonchev–Trinajstić information content (AvgIpc) is 2.61. The average molecular weight is 350 g/mol. The lowest BCUT2D eigenvalue weighted by atomic mass is 10.1. The van der Waals surface area contributed by atoms with Crippen LogP contribution in [0, 0.1) is 12.7 Å². The van der Waals surface area contributed by atoms with E-state index in [0.717, 1.165) is 12.8 Å². The van der Waals surface area contributed by atoms with Gasteiger partial charge in [0.25, 0.3) is 0 Å². The number of halogens is 3. The van der Waals surface area contributed by atoms with Gasteiger partial charge in [-0.05, 0) is 61.7 Å². The van der Waals surface area contributed by atoms with Gasteiger partial charge in [-0.3, -0.25) is 0 Å². The Kier molecular flexibility index (Phi) is 7.07. The molecule has 2 aromatic rings. The first-order valence-corrected chi connectivity index (χ1v) is 8.07. The van der Waals surface area contributed by atoms with Crippen molar-refractivity contribution in [3.05, 3.63) is 65.0 Å². The van der Waals surface area contributed by atoms with E-state index in [0.29, 0.717) is 24.5 Å². The maximum atomic E-state index is 14.3. The number of benzene rings is 2. The largest absolute Gasteiger partial charge is 0.494 e. The van der Waals surface area contributed by atoms with Crippen molar-refractivity contribution in [1.82, 2.24) is 0 Å². The van der Waals surface area contributed by atoms with E-state index in [4.69, 9.17) is 9.47 Å². The molecule has 2 aromatic carbocycles. The number of methoxy groups -OCH3 is 1. The number of aryl methyl sites for hydroxylation is 1. The van der Waals surface area contributed by atoms with Crippen molar-refractivity contribution in [3.63, 3.8) is 0 Å². The summed E-state index contributed by atoms with van der Waals surface area (Å²) in [6.45, 7) is 2.87. The molecule has 0 N–H and O–H groups in total. The van der Waals surface area contributed by atoms with Crippen LogP contribution in [0.25, 0.3) is 11.7 Å². The second kappa shape index (κ2) is 9.28. The molecule has 0 saturated carbocycles. The van der Waals surface area contributed by atoms with Crippen LogP contribution in [-0.4, -0.2) is 20.3 Å². The minimum absolute atomic E-state index is 0.0317. The number of rotatable bonds is 8. The number of ether oxygens (including phenoxy) is 2. The van der Waals surface area contributed by atoms with E-state index >= 15 is 0 Å². The lowest BCUT2D eigenvalue weighted by Crippen LogP contribution is -1.99. The molecule has 0 heterocycles. The first kappa shape index (κ1) is 19.1. The summed E-state index contributed by atoms with van der Waals surface area (Å²) in [6.07, 6.45) is 1.73. The standard InChI is InChI=1S/C20H21F3O2/c1-14-5-10-17(18(21)13-14)20(23)19(22)15-6-8-16(9-7-15)25-12-4-3-11-24-2/h5-10,13H,3-4,11-12H2,1-2H3. The van der Waals surface area contributed by atoms with Gasteiger partial charge in [-0.1, -0.05) is 6.07 Å². The van der Waals surface area contributed by atoms with Crippen LogP contribution in [0.4, 0.5) is 13.2 Å².